The Morgan fingerprint density at radius 1 is 1.32 bits per heavy atom. The number of hydrogen-bond acceptors (Lipinski definition) is 4. The van der Waals surface area contributed by atoms with Gasteiger partial charge in [-0.05, 0) is 88.9 Å². The molecule has 2 fully saturated rings. The molecule has 2 aliphatic heterocycles. The molecule has 4 rings (SSSR count). The molecule has 3 nitrogen and oxygen atoms in total. The lowest BCUT2D eigenvalue weighted by molar-refractivity contribution is -0.00945. The summed E-state index contributed by atoms with van der Waals surface area (Å²) in [5, 5.41) is 2.20. The first-order valence-electron chi connectivity index (χ1n) is 10.8. The number of aryl methyl sites for hydroxylation is 2. The maximum atomic E-state index is 6.27. The molecule has 0 saturated carbocycles. The second kappa shape index (κ2) is 8.25. The topological polar surface area (TPSA) is 25.4 Å². The molecule has 152 valence electrons. The van der Waals surface area contributed by atoms with Crippen molar-refractivity contribution in [3.05, 3.63) is 52.0 Å². The summed E-state index contributed by atoms with van der Waals surface area (Å²) in [5.41, 5.74) is 2.72. The Balaban J connectivity index is 1.48. The van der Waals surface area contributed by atoms with E-state index in [0.29, 0.717) is 11.5 Å². The molecular formula is C24H34N2OS. The van der Waals surface area contributed by atoms with Crippen molar-refractivity contribution in [1.29, 1.82) is 0 Å². The Morgan fingerprint density at radius 2 is 2.21 bits per heavy atom. The van der Waals surface area contributed by atoms with Crippen molar-refractivity contribution in [2.75, 3.05) is 19.7 Å². The Labute approximate surface area is 174 Å². The minimum absolute atomic E-state index is 0.00874. The van der Waals surface area contributed by atoms with Crippen LogP contribution in [0.5, 0.6) is 0 Å². The number of nitrogens with zero attached hydrogens (tertiary/aromatic N) is 2. The molecule has 0 N–H and O–H groups in total. The van der Waals surface area contributed by atoms with Gasteiger partial charge < -0.3 is 4.74 Å². The van der Waals surface area contributed by atoms with Gasteiger partial charge in [-0.25, -0.2) is 0 Å². The lowest BCUT2D eigenvalue weighted by Gasteiger charge is -2.40. The van der Waals surface area contributed by atoms with Crippen molar-refractivity contribution in [2.45, 2.75) is 70.9 Å². The number of aromatic nitrogens is 1. The number of thiophene rings is 1. The normalized spacial score (nSPS) is 26.2. The SMILES string of the molecule is Cc1ccc(C(C)(C)N2CCC(CCCc3cccs3)(C3CCCO3)C2)cn1. The van der Waals surface area contributed by atoms with Gasteiger partial charge in [0.05, 0.1) is 6.10 Å². The first kappa shape index (κ1) is 20.1. The third-order valence-corrected chi connectivity index (χ3v) is 8.02. The fraction of sp³-hybridized carbons (Fsp3) is 0.625. The summed E-state index contributed by atoms with van der Waals surface area (Å²) in [7, 11) is 0. The van der Waals surface area contributed by atoms with Crippen molar-refractivity contribution in [1.82, 2.24) is 9.88 Å². The summed E-state index contributed by atoms with van der Waals surface area (Å²) in [4.78, 5) is 8.76. The van der Waals surface area contributed by atoms with Crippen LogP contribution >= 0.6 is 11.3 Å². The summed E-state index contributed by atoms with van der Waals surface area (Å²) in [6.07, 6.45) is 9.96. The molecule has 0 aliphatic carbocycles. The maximum absolute atomic E-state index is 6.27. The van der Waals surface area contributed by atoms with Gasteiger partial charge in [0.25, 0.3) is 0 Å². The first-order chi connectivity index (χ1) is 13.5. The van der Waals surface area contributed by atoms with Crippen molar-refractivity contribution < 1.29 is 4.74 Å². The highest BCUT2D eigenvalue weighted by atomic mass is 32.1. The van der Waals surface area contributed by atoms with Crippen molar-refractivity contribution in [2.24, 2.45) is 5.41 Å². The highest BCUT2D eigenvalue weighted by Crippen LogP contribution is 2.47. The van der Waals surface area contributed by atoms with Crippen LogP contribution in [0.25, 0.3) is 0 Å². The zero-order valence-electron chi connectivity index (χ0n) is 17.6. The second-order valence-corrected chi connectivity index (χ2v) is 10.2. The molecule has 0 aromatic carbocycles. The van der Waals surface area contributed by atoms with E-state index in [4.69, 9.17) is 4.74 Å². The molecule has 2 aliphatic rings. The third-order valence-electron chi connectivity index (χ3n) is 7.08. The quantitative estimate of drug-likeness (QED) is 0.609. The average Bonchev–Trinajstić information content (AvgIpc) is 3.44. The van der Waals surface area contributed by atoms with Crippen LogP contribution in [0.15, 0.2) is 35.8 Å². The second-order valence-electron chi connectivity index (χ2n) is 9.22. The number of pyridine rings is 1. The summed E-state index contributed by atoms with van der Waals surface area (Å²) < 4.78 is 6.27. The van der Waals surface area contributed by atoms with Gasteiger partial charge in [-0.2, -0.15) is 0 Å². The molecule has 0 amide bonds. The molecule has 0 radical (unpaired) electrons. The fourth-order valence-corrected chi connectivity index (χ4v) is 5.89. The Hall–Kier alpha value is -1.23. The van der Waals surface area contributed by atoms with Gasteiger partial charge >= 0.3 is 0 Å². The third kappa shape index (κ3) is 4.05. The highest BCUT2D eigenvalue weighted by molar-refractivity contribution is 7.09. The predicted molar refractivity (Wildman–Crippen MR) is 117 cm³/mol. The van der Waals surface area contributed by atoms with E-state index in [-0.39, 0.29) is 5.54 Å². The Kier molecular flexibility index (Phi) is 5.91. The van der Waals surface area contributed by atoms with E-state index in [2.05, 4.69) is 66.5 Å². The number of hydrogen-bond donors (Lipinski definition) is 0. The first-order valence-corrected chi connectivity index (χ1v) is 11.7. The summed E-state index contributed by atoms with van der Waals surface area (Å²) in [5.74, 6) is 0. The van der Waals surface area contributed by atoms with Gasteiger partial charge in [0, 0.05) is 40.9 Å². The van der Waals surface area contributed by atoms with Crippen LogP contribution < -0.4 is 0 Å². The Bertz CT molecular complexity index is 749. The minimum Gasteiger partial charge on any atom is -0.378 e. The van der Waals surface area contributed by atoms with E-state index < -0.39 is 0 Å². The monoisotopic (exact) mass is 398 g/mol. The van der Waals surface area contributed by atoms with Crippen molar-refractivity contribution >= 4 is 11.3 Å². The van der Waals surface area contributed by atoms with E-state index in [1.165, 1.54) is 49.0 Å². The number of rotatable bonds is 7. The van der Waals surface area contributed by atoms with Crippen LogP contribution in [0.3, 0.4) is 0 Å². The highest BCUT2D eigenvalue weighted by Gasteiger charge is 2.49. The van der Waals surface area contributed by atoms with Gasteiger partial charge in [-0.15, -0.1) is 11.3 Å². The number of ether oxygens (including phenoxy) is 1. The van der Waals surface area contributed by atoms with Crippen LogP contribution in [0.2, 0.25) is 0 Å². The standard InChI is InChI=1S/C24H34N2OS/c1-19-10-11-20(17-25-19)23(2,3)26-14-13-24(18-26,22-9-5-15-27-22)12-4-7-21-8-6-16-28-21/h6,8,10-11,16-17,22H,4-5,7,9,12-15,18H2,1-3H3. The smallest absolute Gasteiger partial charge is 0.0644 e. The van der Waals surface area contributed by atoms with Crippen LogP contribution in [-0.2, 0) is 16.7 Å². The van der Waals surface area contributed by atoms with Crippen LogP contribution in [0.4, 0.5) is 0 Å². The molecule has 2 atom stereocenters. The minimum atomic E-state index is 0.00874. The molecule has 2 saturated heterocycles. The molecule has 2 unspecified atom stereocenters. The van der Waals surface area contributed by atoms with Gasteiger partial charge in [0.2, 0.25) is 0 Å². The van der Waals surface area contributed by atoms with E-state index in [9.17, 15) is 0 Å². The summed E-state index contributed by atoms with van der Waals surface area (Å²) >= 11 is 1.89. The van der Waals surface area contributed by atoms with E-state index in [1.54, 1.807) is 0 Å². The molecule has 2 aromatic rings. The van der Waals surface area contributed by atoms with Crippen LogP contribution in [0.1, 0.15) is 62.1 Å². The molecule has 28 heavy (non-hydrogen) atoms. The zero-order chi connectivity index (χ0) is 19.6. The van der Waals surface area contributed by atoms with Gasteiger partial charge in [0.15, 0.2) is 0 Å². The van der Waals surface area contributed by atoms with Crippen LogP contribution in [-0.4, -0.2) is 35.7 Å². The average molecular weight is 399 g/mol. The van der Waals surface area contributed by atoms with Gasteiger partial charge in [0.1, 0.15) is 0 Å². The maximum Gasteiger partial charge on any atom is 0.0644 e. The fourth-order valence-electron chi connectivity index (χ4n) is 5.14. The summed E-state index contributed by atoms with van der Waals surface area (Å²) in [6, 6.07) is 8.84. The van der Waals surface area contributed by atoms with Crippen molar-refractivity contribution in [3.8, 4) is 0 Å². The Morgan fingerprint density at radius 3 is 2.89 bits per heavy atom. The van der Waals surface area contributed by atoms with Crippen LogP contribution in [0, 0.1) is 12.3 Å². The van der Waals surface area contributed by atoms with E-state index in [0.717, 1.165) is 25.4 Å². The molecule has 4 heteroatoms. The van der Waals surface area contributed by atoms with E-state index in [1.807, 2.05) is 11.3 Å². The predicted octanol–water partition coefficient (Wildman–Crippen LogP) is 5.58. The number of likely N-dealkylation sites (tertiary alicyclic amines) is 1. The largest absolute Gasteiger partial charge is 0.378 e. The molecule has 2 aromatic heterocycles. The lowest BCUT2D eigenvalue weighted by Crippen LogP contribution is -2.44. The zero-order valence-corrected chi connectivity index (χ0v) is 18.4. The molecule has 4 heterocycles. The van der Waals surface area contributed by atoms with Crippen molar-refractivity contribution in [3.63, 3.8) is 0 Å². The lowest BCUT2D eigenvalue weighted by atomic mass is 9.75. The molecule has 0 bridgehead atoms. The molecular weight excluding hydrogens is 364 g/mol. The summed E-state index contributed by atoms with van der Waals surface area (Å²) in [6.45, 7) is 10.0. The van der Waals surface area contributed by atoms with Gasteiger partial charge in [-0.3, -0.25) is 9.88 Å². The van der Waals surface area contributed by atoms with Gasteiger partial charge in [-0.1, -0.05) is 12.1 Å². The van der Waals surface area contributed by atoms with E-state index >= 15 is 0 Å². The molecule has 0 spiro atoms.